The van der Waals surface area contributed by atoms with Crippen molar-refractivity contribution in [2.75, 3.05) is 32.0 Å². The Kier molecular flexibility index (Phi) is 5.54. The molecule has 0 aliphatic carbocycles. The van der Waals surface area contributed by atoms with Gasteiger partial charge in [-0.05, 0) is 45.1 Å². The van der Waals surface area contributed by atoms with Gasteiger partial charge in [-0.15, -0.1) is 0 Å². The van der Waals surface area contributed by atoms with Gasteiger partial charge in [0.2, 0.25) is 10.0 Å². The minimum atomic E-state index is -3.10. The summed E-state index contributed by atoms with van der Waals surface area (Å²) < 4.78 is 31.9. The Morgan fingerprint density at radius 2 is 1.92 bits per heavy atom. The van der Waals surface area contributed by atoms with E-state index in [1.165, 1.54) is 16.7 Å². The van der Waals surface area contributed by atoms with Gasteiger partial charge in [-0.2, -0.15) is 0 Å². The Bertz CT molecular complexity index is 691. The molecule has 3 rings (SSSR count). The molecule has 0 radical (unpaired) electrons. The van der Waals surface area contributed by atoms with E-state index in [1.54, 1.807) is 6.92 Å². The number of hydrogen-bond donors (Lipinski definition) is 1. The predicted molar refractivity (Wildman–Crippen MR) is 100 cm³/mol. The van der Waals surface area contributed by atoms with Crippen LogP contribution in [-0.2, 0) is 21.3 Å². The van der Waals surface area contributed by atoms with Gasteiger partial charge in [0, 0.05) is 32.8 Å². The molecule has 2 aliphatic heterocycles. The quantitative estimate of drug-likeness (QED) is 0.804. The molecular weight excluding hydrogens is 336 g/mol. The highest BCUT2D eigenvalue weighted by molar-refractivity contribution is 7.89. The molecule has 140 valence electrons. The second-order valence-corrected chi connectivity index (χ2v) is 9.72. The van der Waals surface area contributed by atoms with Crippen LogP contribution in [0, 0.1) is 19.8 Å². The molecule has 0 bridgehead atoms. The smallest absolute Gasteiger partial charge is 0.211 e. The Balaban J connectivity index is 1.52. The third kappa shape index (κ3) is 4.42. The van der Waals surface area contributed by atoms with Crippen LogP contribution in [0.3, 0.4) is 0 Å². The SMILES string of the molecule is CCS(=O)(=O)NCC[C@@H]1CCOC12CN(Cc1cc(C)cc(C)c1)C2. The summed E-state index contributed by atoms with van der Waals surface area (Å²) in [4.78, 5) is 2.43. The zero-order chi connectivity index (χ0) is 18.1. The molecule has 1 atom stereocenters. The number of benzene rings is 1. The van der Waals surface area contributed by atoms with Crippen LogP contribution in [0.4, 0.5) is 0 Å². The van der Waals surface area contributed by atoms with Crippen LogP contribution in [0.2, 0.25) is 0 Å². The molecule has 1 spiro atoms. The average Bonchev–Trinajstić information content (AvgIpc) is 2.89. The van der Waals surface area contributed by atoms with Crippen LogP contribution in [-0.4, -0.2) is 50.9 Å². The molecule has 0 saturated carbocycles. The van der Waals surface area contributed by atoms with Crippen molar-refractivity contribution in [2.45, 2.75) is 45.8 Å². The first-order valence-corrected chi connectivity index (χ1v) is 10.9. The van der Waals surface area contributed by atoms with Crippen molar-refractivity contribution in [2.24, 2.45) is 5.92 Å². The fraction of sp³-hybridized carbons (Fsp3) is 0.684. The highest BCUT2D eigenvalue weighted by Crippen LogP contribution is 2.42. The maximum atomic E-state index is 11.6. The minimum Gasteiger partial charge on any atom is -0.372 e. The third-order valence-electron chi connectivity index (χ3n) is 5.46. The summed E-state index contributed by atoms with van der Waals surface area (Å²) in [7, 11) is -3.10. The molecular formula is C19H30N2O3S. The molecule has 2 heterocycles. The summed E-state index contributed by atoms with van der Waals surface area (Å²) in [6.45, 7) is 10.1. The topological polar surface area (TPSA) is 58.6 Å². The maximum Gasteiger partial charge on any atom is 0.211 e. The van der Waals surface area contributed by atoms with Gasteiger partial charge < -0.3 is 4.74 Å². The van der Waals surface area contributed by atoms with Gasteiger partial charge in [0.15, 0.2) is 0 Å². The lowest BCUT2D eigenvalue weighted by atomic mass is 9.79. The molecule has 1 N–H and O–H groups in total. The highest BCUT2D eigenvalue weighted by atomic mass is 32.2. The fourth-order valence-electron chi connectivity index (χ4n) is 4.27. The van der Waals surface area contributed by atoms with Gasteiger partial charge in [-0.1, -0.05) is 29.3 Å². The molecule has 5 nitrogen and oxygen atoms in total. The van der Waals surface area contributed by atoms with E-state index in [1.807, 2.05) is 0 Å². The van der Waals surface area contributed by atoms with E-state index in [4.69, 9.17) is 4.74 Å². The van der Waals surface area contributed by atoms with Crippen molar-refractivity contribution in [3.05, 3.63) is 34.9 Å². The second-order valence-electron chi connectivity index (χ2n) is 7.63. The van der Waals surface area contributed by atoms with Crippen LogP contribution >= 0.6 is 0 Å². The predicted octanol–water partition coefficient (Wildman–Crippen LogP) is 2.22. The van der Waals surface area contributed by atoms with Crippen molar-refractivity contribution in [3.63, 3.8) is 0 Å². The largest absolute Gasteiger partial charge is 0.372 e. The third-order valence-corrected chi connectivity index (χ3v) is 6.87. The summed E-state index contributed by atoms with van der Waals surface area (Å²) in [5, 5.41) is 0. The standard InChI is InChI=1S/C19H30N2O3S/c1-4-25(22,23)20-7-5-18-6-8-24-19(18)13-21(14-19)12-17-10-15(2)9-16(3)11-17/h9-11,18,20H,4-8,12-14H2,1-3H3/t18-/m1/s1. The average molecular weight is 367 g/mol. The first-order chi connectivity index (χ1) is 11.8. The van der Waals surface area contributed by atoms with Gasteiger partial charge in [-0.25, -0.2) is 13.1 Å². The molecule has 2 fully saturated rings. The van der Waals surface area contributed by atoms with Gasteiger partial charge in [0.25, 0.3) is 0 Å². The molecule has 1 aromatic carbocycles. The fourth-order valence-corrected chi connectivity index (χ4v) is 4.91. The van der Waals surface area contributed by atoms with Crippen molar-refractivity contribution in [1.82, 2.24) is 9.62 Å². The van der Waals surface area contributed by atoms with Crippen molar-refractivity contribution >= 4 is 10.0 Å². The molecule has 2 aliphatic rings. The monoisotopic (exact) mass is 366 g/mol. The summed E-state index contributed by atoms with van der Waals surface area (Å²) in [5.74, 6) is 0.589. The number of likely N-dealkylation sites (tertiary alicyclic amines) is 1. The number of nitrogens with zero attached hydrogens (tertiary/aromatic N) is 1. The molecule has 0 amide bonds. The van der Waals surface area contributed by atoms with Gasteiger partial charge >= 0.3 is 0 Å². The van der Waals surface area contributed by atoms with Crippen molar-refractivity contribution in [3.8, 4) is 0 Å². The molecule has 25 heavy (non-hydrogen) atoms. The molecule has 1 aromatic rings. The highest BCUT2D eigenvalue weighted by Gasteiger charge is 2.52. The zero-order valence-electron chi connectivity index (χ0n) is 15.5. The summed E-state index contributed by atoms with van der Waals surface area (Å²) in [5.41, 5.74) is 3.92. The normalized spacial score (nSPS) is 23.1. The van der Waals surface area contributed by atoms with Crippen LogP contribution in [0.15, 0.2) is 18.2 Å². The minimum absolute atomic E-state index is 0.0590. The summed E-state index contributed by atoms with van der Waals surface area (Å²) in [6, 6.07) is 6.71. The van der Waals surface area contributed by atoms with E-state index in [-0.39, 0.29) is 11.4 Å². The second kappa shape index (κ2) is 7.35. The van der Waals surface area contributed by atoms with E-state index in [2.05, 4.69) is 41.7 Å². The summed E-state index contributed by atoms with van der Waals surface area (Å²) >= 11 is 0. The number of ether oxygens (including phenoxy) is 1. The number of nitrogens with one attached hydrogen (secondary N) is 1. The molecule has 6 heteroatoms. The number of rotatable bonds is 7. The number of hydrogen-bond acceptors (Lipinski definition) is 4. The van der Waals surface area contributed by atoms with Crippen LogP contribution < -0.4 is 4.72 Å². The first kappa shape index (κ1) is 18.8. The lowest BCUT2D eigenvalue weighted by Crippen LogP contribution is -2.64. The van der Waals surface area contributed by atoms with E-state index in [9.17, 15) is 8.42 Å². The van der Waals surface area contributed by atoms with Crippen molar-refractivity contribution in [1.29, 1.82) is 0 Å². The lowest BCUT2D eigenvalue weighted by Gasteiger charge is -2.50. The van der Waals surface area contributed by atoms with Gasteiger partial charge in [0.1, 0.15) is 0 Å². The summed E-state index contributed by atoms with van der Waals surface area (Å²) in [6.07, 6.45) is 1.89. The van der Waals surface area contributed by atoms with E-state index in [0.29, 0.717) is 12.5 Å². The van der Waals surface area contributed by atoms with Gasteiger partial charge in [-0.3, -0.25) is 4.90 Å². The van der Waals surface area contributed by atoms with E-state index in [0.717, 1.165) is 39.1 Å². The molecule has 0 aromatic heterocycles. The van der Waals surface area contributed by atoms with E-state index < -0.39 is 10.0 Å². The zero-order valence-corrected chi connectivity index (χ0v) is 16.4. The lowest BCUT2D eigenvalue weighted by molar-refractivity contribution is -0.136. The maximum absolute atomic E-state index is 11.6. The molecule has 0 unspecified atom stereocenters. The van der Waals surface area contributed by atoms with Crippen LogP contribution in [0.25, 0.3) is 0 Å². The van der Waals surface area contributed by atoms with Gasteiger partial charge in [0.05, 0.1) is 11.4 Å². The van der Waals surface area contributed by atoms with Crippen LogP contribution in [0.5, 0.6) is 0 Å². The van der Waals surface area contributed by atoms with Crippen LogP contribution in [0.1, 0.15) is 36.5 Å². The first-order valence-electron chi connectivity index (χ1n) is 9.23. The number of sulfonamides is 1. The Hall–Kier alpha value is -0.950. The Morgan fingerprint density at radius 1 is 1.24 bits per heavy atom. The van der Waals surface area contributed by atoms with Crippen molar-refractivity contribution < 1.29 is 13.2 Å². The molecule has 2 saturated heterocycles. The van der Waals surface area contributed by atoms with E-state index >= 15 is 0 Å². The number of aryl methyl sites for hydroxylation is 2. The Labute approximate surface area is 151 Å². The Morgan fingerprint density at radius 3 is 2.56 bits per heavy atom.